The third-order valence-electron chi connectivity index (χ3n) is 1.96. The van der Waals surface area contributed by atoms with Gasteiger partial charge in [-0.1, -0.05) is 0 Å². The number of thioether (sulfide) groups is 1. The number of carbonyl (C=O) groups excluding carboxylic acids is 1. The summed E-state index contributed by atoms with van der Waals surface area (Å²) in [6, 6.07) is -0.597. The number of aliphatic hydroxyl groups excluding tert-OH is 1. The van der Waals surface area contributed by atoms with Gasteiger partial charge in [0, 0.05) is 12.3 Å². The van der Waals surface area contributed by atoms with E-state index in [-0.39, 0.29) is 13.2 Å². The fourth-order valence-corrected chi connectivity index (χ4v) is 2.41. The van der Waals surface area contributed by atoms with Gasteiger partial charge in [0.05, 0.1) is 0 Å². The van der Waals surface area contributed by atoms with Crippen molar-refractivity contribution in [3.63, 3.8) is 0 Å². The molecule has 0 radical (unpaired) electrons. The number of amides is 1. The average Bonchev–Trinajstić information content (AvgIpc) is 2.47. The Hall–Kier alpha value is -1.06. The van der Waals surface area contributed by atoms with Gasteiger partial charge in [0.25, 0.3) is 5.09 Å². The van der Waals surface area contributed by atoms with Gasteiger partial charge in [0.1, 0.15) is 12.6 Å². The van der Waals surface area contributed by atoms with Gasteiger partial charge in [0.15, 0.2) is 5.56 Å². The summed E-state index contributed by atoms with van der Waals surface area (Å²) in [5.74, 6) is -0.172. The normalized spacial score (nSPS) is 26.5. The Morgan fingerprint density at radius 2 is 2.47 bits per heavy atom. The number of aliphatic hydroxyl groups is 1. The van der Waals surface area contributed by atoms with Crippen LogP contribution in [0.2, 0.25) is 0 Å². The Morgan fingerprint density at radius 1 is 1.80 bits per heavy atom. The Balaban J connectivity index is 2.42. The first-order valence-corrected chi connectivity index (χ1v) is 5.19. The number of hydrogen-bond donors (Lipinski definition) is 2. The topological polar surface area (TPSA) is 119 Å². The molecule has 0 spiro atoms. The molecule has 1 saturated heterocycles. The highest BCUT2D eigenvalue weighted by atomic mass is 32.2. The molecule has 15 heavy (non-hydrogen) atoms. The highest BCUT2D eigenvalue weighted by molar-refractivity contribution is 8.00. The van der Waals surface area contributed by atoms with Crippen LogP contribution in [0.25, 0.3) is 0 Å². The van der Waals surface area contributed by atoms with Crippen LogP contribution in [0.5, 0.6) is 0 Å². The van der Waals surface area contributed by atoms with Crippen molar-refractivity contribution >= 4 is 17.7 Å². The van der Waals surface area contributed by atoms with Gasteiger partial charge in [-0.05, 0) is 0 Å². The molecular formula is C6H11N3O5S. The third kappa shape index (κ3) is 3.22. The molecule has 1 amide bonds. The molecule has 1 rings (SSSR count). The lowest BCUT2D eigenvalue weighted by Gasteiger charge is -2.23. The predicted molar refractivity (Wildman–Crippen MR) is 51.1 cm³/mol. The van der Waals surface area contributed by atoms with Crippen molar-refractivity contribution in [2.24, 2.45) is 5.73 Å². The van der Waals surface area contributed by atoms with Crippen molar-refractivity contribution in [2.45, 2.75) is 11.6 Å². The maximum atomic E-state index is 10.9. The van der Waals surface area contributed by atoms with Gasteiger partial charge in [-0.2, -0.15) is 0 Å². The number of nitrogens with zero attached hydrogens (tertiary/aromatic N) is 2. The van der Waals surface area contributed by atoms with E-state index in [1.807, 2.05) is 0 Å². The maximum Gasteiger partial charge on any atom is 0.294 e. The van der Waals surface area contributed by atoms with Crippen LogP contribution in [-0.2, 0) is 9.63 Å². The highest BCUT2D eigenvalue weighted by Crippen LogP contribution is 2.26. The minimum atomic E-state index is -0.922. The lowest BCUT2D eigenvalue weighted by atomic mass is 10.3. The fraction of sp³-hybridized carbons (Fsp3) is 0.833. The largest absolute Gasteiger partial charge is 0.369 e. The predicted octanol–water partition coefficient (Wildman–Crippen LogP) is -1.63. The Morgan fingerprint density at radius 3 is 3.00 bits per heavy atom. The Kier molecular flexibility index (Phi) is 4.12. The second-order valence-electron chi connectivity index (χ2n) is 2.87. The molecule has 1 fully saturated rings. The molecule has 0 aromatic heterocycles. The van der Waals surface area contributed by atoms with Gasteiger partial charge in [-0.3, -0.25) is 9.69 Å². The molecule has 0 saturated carbocycles. The van der Waals surface area contributed by atoms with Crippen LogP contribution in [0.15, 0.2) is 0 Å². The van der Waals surface area contributed by atoms with E-state index in [1.165, 1.54) is 4.90 Å². The summed E-state index contributed by atoms with van der Waals surface area (Å²) in [4.78, 5) is 26.3. The molecule has 8 nitrogen and oxygen atoms in total. The third-order valence-corrected chi connectivity index (χ3v) is 3.04. The van der Waals surface area contributed by atoms with E-state index < -0.39 is 22.6 Å². The molecule has 3 N–H and O–H groups in total. The molecule has 0 aromatic carbocycles. The van der Waals surface area contributed by atoms with Gasteiger partial charge in [-0.15, -0.1) is 21.9 Å². The lowest BCUT2D eigenvalue weighted by molar-refractivity contribution is -0.757. The SMILES string of the molecule is NC(=O)C1CSC(O)N1CCO[N+](=O)[O-]. The van der Waals surface area contributed by atoms with Crippen LogP contribution >= 0.6 is 11.8 Å². The number of nitrogens with two attached hydrogens (primary N) is 1. The van der Waals surface area contributed by atoms with Crippen molar-refractivity contribution in [2.75, 3.05) is 18.9 Å². The summed E-state index contributed by atoms with van der Waals surface area (Å²) in [6.45, 7) is -0.114. The van der Waals surface area contributed by atoms with Crippen molar-refractivity contribution in [1.29, 1.82) is 0 Å². The second kappa shape index (κ2) is 5.14. The quantitative estimate of drug-likeness (QED) is 0.435. The van der Waals surface area contributed by atoms with Crippen molar-refractivity contribution < 1.29 is 19.8 Å². The van der Waals surface area contributed by atoms with E-state index in [0.717, 1.165) is 11.8 Å². The Bertz CT molecular complexity index is 263. The minimum Gasteiger partial charge on any atom is -0.369 e. The van der Waals surface area contributed by atoms with Crippen molar-refractivity contribution in [3.8, 4) is 0 Å². The van der Waals surface area contributed by atoms with Crippen LogP contribution in [0.4, 0.5) is 0 Å². The van der Waals surface area contributed by atoms with E-state index in [4.69, 9.17) is 5.73 Å². The molecule has 0 aromatic rings. The van der Waals surface area contributed by atoms with Gasteiger partial charge in [0.2, 0.25) is 5.91 Å². The minimum absolute atomic E-state index is 0.0861. The summed E-state index contributed by atoms with van der Waals surface area (Å²) in [6.07, 6.45) is 0. The average molecular weight is 237 g/mol. The van der Waals surface area contributed by atoms with Crippen molar-refractivity contribution in [3.05, 3.63) is 10.1 Å². The molecular weight excluding hydrogens is 226 g/mol. The molecule has 1 heterocycles. The zero-order valence-corrected chi connectivity index (χ0v) is 8.55. The molecule has 0 bridgehead atoms. The zero-order chi connectivity index (χ0) is 11.4. The fourth-order valence-electron chi connectivity index (χ4n) is 1.26. The first kappa shape index (κ1) is 12.0. The molecule has 86 valence electrons. The standard InChI is InChI=1S/C6H11N3O5S/c7-5(10)4-3-15-6(11)8(4)1-2-14-9(12)13/h4,6,11H,1-3H2,(H2,7,10). The van der Waals surface area contributed by atoms with Crippen LogP contribution < -0.4 is 5.73 Å². The zero-order valence-electron chi connectivity index (χ0n) is 7.74. The van der Waals surface area contributed by atoms with Crippen LogP contribution in [0.3, 0.4) is 0 Å². The van der Waals surface area contributed by atoms with E-state index in [9.17, 15) is 20.0 Å². The van der Waals surface area contributed by atoms with E-state index in [0.29, 0.717) is 5.75 Å². The molecule has 1 aliphatic rings. The van der Waals surface area contributed by atoms with E-state index in [2.05, 4.69) is 4.84 Å². The molecule has 2 atom stereocenters. The Labute approximate surface area is 89.5 Å². The summed E-state index contributed by atoms with van der Waals surface area (Å²) in [5.41, 5.74) is 4.24. The van der Waals surface area contributed by atoms with E-state index in [1.54, 1.807) is 0 Å². The number of primary amides is 1. The smallest absolute Gasteiger partial charge is 0.294 e. The first-order chi connectivity index (χ1) is 7.02. The number of hydrogen-bond acceptors (Lipinski definition) is 7. The van der Waals surface area contributed by atoms with Crippen molar-refractivity contribution in [1.82, 2.24) is 4.90 Å². The summed E-state index contributed by atoms with van der Waals surface area (Å²) >= 11 is 1.16. The van der Waals surface area contributed by atoms with Crippen LogP contribution in [0, 0.1) is 10.1 Å². The number of rotatable bonds is 5. The maximum absolute atomic E-state index is 10.9. The summed E-state index contributed by atoms with van der Waals surface area (Å²) < 4.78 is 0. The highest BCUT2D eigenvalue weighted by Gasteiger charge is 2.35. The molecule has 2 unspecified atom stereocenters. The number of carbonyl (C=O) groups is 1. The summed E-state index contributed by atoms with van der Waals surface area (Å²) in [7, 11) is 0. The second-order valence-corrected chi connectivity index (χ2v) is 3.96. The van der Waals surface area contributed by atoms with Gasteiger partial charge < -0.3 is 15.7 Å². The van der Waals surface area contributed by atoms with E-state index >= 15 is 0 Å². The molecule has 9 heteroatoms. The lowest BCUT2D eigenvalue weighted by Crippen LogP contribution is -2.46. The van der Waals surface area contributed by atoms with Gasteiger partial charge >= 0.3 is 0 Å². The van der Waals surface area contributed by atoms with Crippen LogP contribution in [-0.4, -0.2) is 51.5 Å². The van der Waals surface area contributed by atoms with Gasteiger partial charge in [-0.25, -0.2) is 0 Å². The summed E-state index contributed by atoms with van der Waals surface area (Å²) in [5, 5.41) is 18.4. The monoisotopic (exact) mass is 237 g/mol. The molecule has 0 aliphatic carbocycles. The van der Waals surface area contributed by atoms with Crippen LogP contribution in [0.1, 0.15) is 0 Å². The first-order valence-electron chi connectivity index (χ1n) is 4.14. The molecule has 1 aliphatic heterocycles.